The molecule has 1 saturated heterocycles. The van der Waals surface area contributed by atoms with Crippen LogP contribution in [0.1, 0.15) is 19.5 Å². The van der Waals surface area contributed by atoms with Gasteiger partial charge in [-0.15, -0.1) is 0 Å². The zero-order valence-electron chi connectivity index (χ0n) is 13.1. The Kier molecular flexibility index (Phi) is 5.59. The maximum atomic E-state index is 12.5. The normalized spacial score (nSPS) is 15.1. The molecule has 0 aliphatic carbocycles. The Bertz CT molecular complexity index is 600. The van der Waals surface area contributed by atoms with Crippen LogP contribution in [0.2, 0.25) is 0 Å². The van der Waals surface area contributed by atoms with E-state index in [1.807, 2.05) is 13.8 Å². The Hall–Kier alpha value is -2.09. The minimum absolute atomic E-state index is 0.168. The van der Waals surface area contributed by atoms with Gasteiger partial charge in [-0.25, -0.2) is 9.97 Å². The Labute approximate surface area is 132 Å². The van der Waals surface area contributed by atoms with Crippen LogP contribution >= 0.6 is 0 Å². The molecule has 2 aromatic rings. The summed E-state index contributed by atoms with van der Waals surface area (Å²) in [5, 5.41) is 3.25. The molecule has 2 aromatic heterocycles. The molecule has 126 valence electrons. The quantitative estimate of drug-likeness (QED) is 0.890. The highest BCUT2D eigenvalue weighted by atomic mass is 19.4. The van der Waals surface area contributed by atoms with Gasteiger partial charge in [0, 0.05) is 37.9 Å². The van der Waals surface area contributed by atoms with E-state index in [0.717, 1.165) is 38.2 Å². The van der Waals surface area contributed by atoms with Crippen LogP contribution in [0.4, 0.5) is 19.0 Å². The molecule has 23 heavy (non-hydrogen) atoms. The smallest absolute Gasteiger partial charge is 0.354 e. The monoisotopic (exact) mass is 327 g/mol. The van der Waals surface area contributed by atoms with Crippen molar-refractivity contribution in [3.05, 3.63) is 30.2 Å². The first-order valence-electron chi connectivity index (χ1n) is 7.58. The van der Waals surface area contributed by atoms with E-state index in [-0.39, 0.29) is 5.82 Å². The number of aromatic amines is 1. The summed E-state index contributed by atoms with van der Waals surface area (Å²) in [6.07, 6.45) is -2.09. The fraction of sp³-hybridized carbons (Fsp3) is 0.467. The van der Waals surface area contributed by atoms with Gasteiger partial charge in [0.1, 0.15) is 17.3 Å². The standard InChI is InChI=1S/C13H14F3N5.C2H6/c14-13(15,16)10-8-19-12(20-10)9-1-2-11(18-7-9)21-5-3-17-4-6-21;1-2/h1-2,7-8,17H,3-6H2,(H,19,20);1-2H3. The van der Waals surface area contributed by atoms with Crippen molar-refractivity contribution in [2.75, 3.05) is 31.1 Å². The first-order chi connectivity index (χ1) is 11.0. The molecule has 3 heterocycles. The Morgan fingerprint density at radius 3 is 2.26 bits per heavy atom. The summed E-state index contributed by atoms with van der Waals surface area (Å²) >= 11 is 0. The second-order valence-corrected chi connectivity index (χ2v) is 4.79. The summed E-state index contributed by atoms with van der Waals surface area (Å²) in [4.78, 5) is 12.5. The van der Waals surface area contributed by atoms with Crippen molar-refractivity contribution in [3.63, 3.8) is 0 Å². The van der Waals surface area contributed by atoms with Crippen LogP contribution in [0.15, 0.2) is 24.5 Å². The van der Waals surface area contributed by atoms with E-state index in [4.69, 9.17) is 0 Å². The van der Waals surface area contributed by atoms with E-state index in [0.29, 0.717) is 5.56 Å². The number of nitrogens with one attached hydrogen (secondary N) is 2. The summed E-state index contributed by atoms with van der Waals surface area (Å²) in [5.41, 5.74) is -0.326. The average molecular weight is 327 g/mol. The van der Waals surface area contributed by atoms with Crippen LogP contribution in [0.3, 0.4) is 0 Å². The first-order valence-corrected chi connectivity index (χ1v) is 7.58. The molecule has 3 rings (SSSR count). The van der Waals surface area contributed by atoms with Crippen molar-refractivity contribution in [2.45, 2.75) is 20.0 Å². The molecule has 0 aromatic carbocycles. The number of pyridine rings is 1. The third-order valence-electron chi connectivity index (χ3n) is 3.34. The van der Waals surface area contributed by atoms with Gasteiger partial charge in [-0.1, -0.05) is 13.8 Å². The first kappa shape index (κ1) is 17.3. The van der Waals surface area contributed by atoms with Crippen LogP contribution in [-0.4, -0.2) is 41.1 Å². The molecule has 0 amide bonds. The van der Waals surface area contributed by atoms with Crippen LogP contribution in [-0.2, 0) is 6.18 Å². The summed E-state index contributed by atoms with van der Waals surface area (Å²) in [5.74, 6) is 0.990. The molecule has 0 bridgehead atoms. The van der Waals surface area contributed by atoms with Crippen molar-refractivity contribution in [1.29, 1.82) is 0 Å². The molecular formula is C15H20F3N5. The second kappa shape index (κ2) is 7.45. The SMILES string of the molecule is CC.FC(F)(F)c1cnc(-c2ccc(N3CCNCC3)nc2)[nH]1. The maximum absolute atomic E-state index is 12.5. The van der Waals surface area contributed by atoms with Gasteiger partial charge in [0.2, 0.25) is 0 Å². The number of nitrogens with zero attached hydrogens (tertiary/aromatic N) is 3. The van der Waals surface area contributed by atoms with E-state index in [1.54, 1.807) is 12.1 Å². The van der Waals surface area contributed by atoms with E-state index in [1.165, 1.54) is 6.20 Å². The lowest BCUT2D eigenvalue weighted by atomic mass is 10.2. The number of piperazine rings is 1. The lowest BCUT2D eigenvalue weighted by molar-refractivity contribution is -0.140. The highest BCUT2D eigenvalue weighted by molar-refractivity contribution is 5.57. The predicted molar refractivity (Wildman–Crippen MR) is 83.3 cm³/mol. The molecule has 1 aliphatic heterocycles. The molecule has 2 N–H and O–H groups in total. The van der Waals surface area contributed by atoms with Gasteiger partial charge in [-0.3, -0.25) is 0 Å². The van der Waals surface area contributed by atoms with Crippen LogP contribution in [0.5, 0.6) is 0 Å². The molecular weight excluding hydrogens is 307 g/mol. The lowest BCUT2D eigenvalue weighted by Crippen LogP contribution is -2.43. The lowest BCUT2D eigenvalue weighted by Gasteiger charge is -2.28. The number of aromatic nitrogens is 3. The largest absolute Gasteiger partial charge is 0.432 e. The summed E-state index contributed by atoms with van der Waals surface area (Å²) in [7, 11) is 0. The van der Waals surface area contributed by atoms with Gasteiger partial charge < -0.3 is 15.2 Å². The van der Waals surface area contributed by atoms with Gasteiger partial charge in [0.15, 0.2) is 0 Å². The molecule has 8 heteroatoms. The number of hydrogen-bond donors (Lipinski definition) is 2. The van der Waals surface area contributed by atoms with Crippen molar-refractivity contribution in [1.82, 2.24) is 20.3 Å². The fourth-order valence-electron chi connectivity index (χ4n) is 2.22. The molecule has 0 atom stereocenters. The van der Waals surface area contributed by atoms with Gasteiger partial charge in [-0.05, 0) is 12.1 Å². The highest BCUT2D eigenvalue weighted by Gasteiger charge is 2.33. The highest BCUT2D eigenvalue weighted by Crippen LogP contribution is 2.29. The third-order valence-corrected chi connectivity index (χ3v) is 3.34. The minimum Gasteiger partial charge on any atom is -0.354 e. The number of rotatable bonds is 2. The zero-order valence-corrected chi connectivity index (χ0v) is 13.1. The predicted octanol–water partition coefficient (Wildman–Crippen LogP) is 2.93. The van der Waals surface area contributed by atoms with Crippen molar-refractivity contribution in [3.8, 4) is 11.4 Å². The molecule has 1 fully saturated rings. The van der Waals surface area contributed by atoms with Crippen molar-refractivity contribution < 1.29 is 13.2 Å². The average Bonchev–Trinajstić information content (AvgIpc) is 3.08. The maximum Gasteiger partial charge on any atom is 0.432 e. The van der Waals surface area contributed by atoms with E-state index in [9.17, 15) is 13.2 Å². The third kappa shape index (κ3) is 4.22. The van der Waals surface area contributed by atoms with Crippen LogP contribution in [0, 0.1) is 0 Å². The van der Waals surface area contributed by atoms with Crippen molar-refractivity contribution in [2.24, 2.45) is 0 Å². The Morgan fingerprint density at radius 2 is 1.74 bits per heavy atom. The Balaban J connectivity index is 0.000000924. The molecule has 1 aliphatic rings. The van der Waals surface area contributed by atoms with E-state index < -0.39 is 11.9 Å². The number of H-pyrrole nitrogens is 1. The minimum atomic E-state index is -4.42. The number of anilines is 1. The molecule has 0 spiro atoms. The number of halogens is 3. The number of alkyl halides is 3. The topological polar surface area (TPSA) is 56.8 Å². The van der Waals surface area contributed by atoms with Gasteiger partial charge in [0.05, 0.1) is 6.20 Å². The summed E-state index contributed by atoms with van der Waals surface area (Å²) in [6.45, 7) is 7.53. The second-order valence-electron chi connectivity index (χ2n) is 4.79. The molecule has 0 saturated carbocycles. The molecule has 5 nitrogen and oxygen atoms in total. The number of imidazole rings is 1. The van der Waals surface area contributed by atoms with Gasteiger partial charge in [0.25, 0.3) is 0 Å². The fourth-order valence-corrected chi connectivity index (χ4v) is 2.22. The van der Waals surface area contributed by atoms with Crippen LogP contribution < -0.4 is 10.2 Å². The number of hydrogen-bond acceptors (Lipinski definition) is 4. The van der Waals surface area contributed by atoms with Crippen LogP contribution in [0.25, 0.3) is 11.4 Å². The van der Waals surface area contributed by atoms with Gasteiger partial charge >= 0.3 is 6.18 Å². The zero-order chi connectivity index (χ0) is 16.9. The van der Waals surface area contributed by atoms with E-state index >= 15 is 0 Å². The summed E-state index contributed by atoms with van der Waals surface area (Å²) in [6, 6.07) is 3.53. The van der Waals surface area contributed by atoms with E-state index in [2.05, 4.69) is 25.2 Å². The molecule has 0 unspecified atom stereocenters. The Morgan fingerprint density at radius 1 is 1.04 bits per heavy atom. The van der Waals surface area contributed by atoms with Gasteiger partial charge in [-0.2, -0.15) is 13.2 Å². The summed E-state index contributed by atoms with van der Waals surface area (Å²) < 4.78 is 37.6. The van der Waals surface area contributed by atoms with Crippen molar-refractivity contribution >= 4 is 5.82 Å². The molecule has 0 radical (unpaired) electrons.